The molecule has 0 saturated heterocycles. The van der Waals surface area contributed by atoms with Gasteiger partial charge in [0.1, 0.15) is 0 Å². The van der Waals surface area contributed by atoms with E-state index in [-0.39, 0.29) is 16.2 Å². The van der Waals surface area contributed by atoms with Gasteiger partial charge in [-0.3, -0.25) is 0 Å². The van der Waals surface area contributed by atoms with Gasteiger partial charge in [0.25, 0.3) is 0 Å². The molecule has 11 rings (SSSR count). The van der Waals surface area contributed by atoms with Gasteiger partial charge in [-0.2, -0.15) is 0 Å². The fraction of sp³-hybridized carbons (Fsp3) is 0.375. The predicted molar refractivity (Wildman–Crippen MR) is 210 cm³/mol. The average Bonchev–Trinajstić information content (AvgIpc) is 3.13. The van der Waals surface area contributed by atoms with E-state index in [0.717, 1.165) is 23.7 Å². The highest BCUT2D eigenvalue weighted by Crippen LogP contribution is 2.69. The summed E-state index contributed by atoms with van der Waals surface area (Å²) in [7, 11) is 0. The zero-order valence-electron chi connectivity index (χ0n) is 30.1. The molecule has 252 valence electrons. The molecule has 0 atom stereocenters. The molecule has 6 aliphatic rings. The molecule has 0 aromatic heterocycles. The summed E-state index contributed by atoms with van der Waals surface area (Å²) >= 11 is 2.03. The predicted octanol–water partition coefficient (Wildman–Crippen LogP) is 13.4. The van der Waals surface area contributed by atoms with Gasteiger partial charge in [-0.15, -0.1) is 0 Å². The number of nitrogens with zero attached hydrogens (tertiary/aromatic N) is 1. The molecule has 50 heavy (non-hydrogen) atoms. The van der Waals surface area contributed by atoms with Gasteiger partial charge in [0.05, 0.1) is 5.69 Å². The molecule has 4 saturated carbocycles. The second-order valence-corrected chi connectivity index (χ2v) is 18.7. The Morgan fingerprint density at radius 2 is 1.12 bits per heavy atom. The summed E-state index contributed by atoms with van der Waals surface area (Å²) < 4.78 is 0. The Balaban J connectivity index is 1.19. The molecular weight excluding hydrogens is 623 g/mol. The molecule has 1 heterocycles. The lowest BCUT2D eigenvalue weighted by Crippen LogP contribution is -2.57. The van der Waals surface area contributed by atoms with Crippen LogP contribution in [-0.4, -0.2) is 0 Å². The van der Waals surface area contributed by atoms with E-state index in [2.05, 4.69) is 148 Å². The summed E-state index contributed by atoms with van der Waals surface area (Å²) in [6.07, 6.45) is 9.51. The largest absolute Gasteiger partial charge is 0.309 e. The van der Waals surface area contributed by atoms with Crippen molar-refractivity contribution in [3.8, 4) is 11.1 Å². The molecule has 1 nitrogen and oxygen atoms in total. The van der Waals surface area contributed by atoms with E-state index >= 15 is 0 Å². The maximum atomic E-state index is 2.61. The Bertz CT molecular complexity index is 2080. The third-order valence-corrected chi connectivity index (χ3v) is 15.2. The zero-order valence-corrected chi connectivity index (χ0v) is 30.9. The molecule has 0 unspecified atom stereocenters. The Morgan fingerprint density at radius 1 is 0.520 bits per heavy atom. The van der Waals surface area contributed by atoms with Gasteiger partial charge in [-0.05, 0) is 149 Å². The third-order valence-electron chi connectivity index (χ3n) is 14.0. The average molecular weight is 672 g/mol. The van der Waals surface area contributed by atoms with Crippen LogP contribution >= 0.6 is 11.8 Å². The molecule has 5 aromatic carbocycles. The minimum absolute atomic E-state index is 0.116. The van der Waals surface area contributed by atoms with E-state index in [4.69, 9.17) is 0 Å². The summed E-state index contributed by atoms with van der Waals surface area (Å²) in [5.41, 5.74) is 13.0. The van der Waals surface area contributed by atoms with Gasteiger partial charge in [0.15, 0.2) is 0 Å². The van der Waals surface area contributed by atoms with E-state index in [9.17, 15) is 0 Å². The lowest BCUT2D eigenvalue weighted by molar-refractivity contribution is -0.0443. The summed E-state index contributed by atoms with van der Waals surface area (Å²) in [6.45, 7) is 9.79. The molecule has 1 aliphatic heterocycles. The van der Waals surface area contributed by atoms with E-state index in [1.54, 1.807) is 11.1 Å². The highest BCUT2D eigenvalue weighted by molar-refractivity contribution is 7.99. The highest BCUT2D eigenvalue weighted by Gasteiger charge is 2.61. The van der Waals surface area contributed by atoms with E-state index in [1.807, 2.05) is 11.8 Å². The van der Waals surface area contributed by atoms with Crippen LogP contribution in [0.15, 0.2) is 125 Å². The Labute approximate surface area is 303 Å². The van der Waals surface area contributed by atoms with Gasteiger partial charge in [0, 0.05) is 26.6 Å². The smallest absolute Gasteiger partial charge is 0.0604 e. The zero-order chi connectivity index (χ0) is 33.8. The van der Waals surface area contributed by atoms with Crippen LogP contribution in [0.5, 0.6) is 0 Å². The van der Waals surface area contributed by atoms with Crippen molar-refractivity contribution < 1.29 is 0 Å². The normalized spacial score (nSPS) is 27.8. The fourth-order valence-electron chi connectivity index (χ4n) is 11.7. The number of anilines is 3. The van der Waals surface area contributed by atoms with Crippen LogP contribution < -0.4 is 4.90 Å². The van der Waals surface area contributed by atoms with Crippen molar-refractivity contribution in [2.75, 3.05) is 4.90 Å². The minimum atomic E-state index is 0.116. The van der Waals surface area contributed by atoms with Crippen LogP contribution in [0.3, 0.4) is 0 Å². The Hall–Kier alpha value is -3.75. The quantitative estimate of drug-likeness (QED) is 0.187. The van der Waals surface area contributed by atoms with Crippen molar-refractivity contribution in [1.82, 2.24) is 0 Å². The maximum Gasteiger partial charge on any atom is 0.0604 e. The molecule has 1 spiro atoms. The van der Waals surface area contributed by atoms with Crippen LogP contribution in [0.2, 0.25) is 0 Å². The number of benzene rings is 5. The van der Waals surface area contributed by atoms with E-state index in [0.29, 0.717) is 0 Å². The molecule has 4 bridgehead atoms. The standard InChI is InChI=1S/C48H49NS/c1-46(2)23-24-47(3,4)42-30-38(21-22-39(42)46)49(37-19-17-34(18-20-37)33-11-6-5-7-12-33)43-15-10-14-41-45(43)50-44-16-9-8-13-40(44)48(41)35-26-31-25-32(28-35)29-36(48)27-31/h5-22,30-32,35-36H,23-29H2,1-4H3. The number of fused-ring (bicyclic) bond motifs is 3. The van der Waals surface area contributed by atoms with Gasteiger partial charge in [-0.25, -0.2) is 0 Å². The van der Waals surface area contributed by atoms with E-state index in [1.165, 1.54) is 94.1 Å². The monoisotopic (exact) mass is 671 g/mol. The van der Waals surface area contributed by atoms with Crippen LogP contribution in [0, 0.1) is 23.7 Å². The molecule has 0 radical (unpaired) electrons. The number of rotatable bonds is 4. The molecule has 4 fully saturated rings. The van der Waals surface area contributed by atoms with Crippen molar-refractivity contribution in [1.29, 1.82) is 0 Å². The fourth-order valence-corrected chi connectivity index (χ4v) is 13.0. The molecule has 5 aliphatic carbocycles. The summed E-state index contributed by atoms with van der Waals surface area (Å²) in [6, 6.07) is 44.5. The lowest BCUT2D eigenvalue weighted by atomic mass is 9.42. The Kier molecular flexibility index (Phi) is 6.90. The summed E-state index contributed by atoms with van der Waals surface area (Å²) in [5, 5.41) is 0. The van der Waals surface area contributed by atoms with Crippen molar-refractivity contribution in [2.24, 2.45) is 23.7 Å². The van der Waals surface area contributed by atoms with Gasteiger partial charge >= 0.3 is 0 Å². The maximum absolute atomic E-state index is 2.61. The first kappa shape index (κ1) is 31.0. The SMILES string of the molecule is CC1(C)CCC(C)(C)c2cc(N(c3ccc(-c4ccccc4)cc3)c3cccc4c3Sc3ccccc3C43C4CC5CC(C4)CC3C5)ccc21. The van der Waals surface area contributed by atoms with Crippen molar-refractivity contribution in [3.05, 3.63) is 138 Å². The molecule has 5 aromatic rings. The molecule has 0 amide bonds. The van der Waals surface area contributed by atoms with Gasteiger partial charge < -0.3 is 4.90 Å². The minimum Gasteiger partial charge on any atom is -0.309 e. The lowest BCUT2D eigenvalue weighted by Gasteiger charge is -2.63. The van der Waals surface area contributed by atoms with Gasteiger partial charge in [0.2, 0.25) is 0 Å². The molecular formula is C48H49NS. The molecule has 2 heteroatoms. The second kappa shape index (κ2) is 11.1. The van der Waals surface area contributed by atoms with Crippen LogP contribution in [0.1, 0.15) is 94.9 Å². The van der Waals surface area contributed by atoms with Crippen LogP contribution in [-0.2, 0) is 16.2 Å². The number of hydrogen-bond acceptors (Lipinski definition) is 2. The van der Waals surface area contributed by atoms with Gasteiger partial charge in [-0.1, -0.05) is 118 Å². The van der Waals surface area contributed by atoms with Crippen molar-refractivity contribution in [2.45, 2.75) is 98.7 Å². The first-order valence-corrected chi connectivity index (χ1v) is 20.1. The van der Waals surface area contributed by atoms with Crippen LogP contribution in [0.25, 0.3) is 11.1 Å². The van der Waals surface area contributed by atoms with Crippen LogP contribution in [0.4, 0.5) is 17.1 Å². The summed E-state index contributed by atoms with van der Waals surface area (Å²) in [4.78, 5) is 5.56. The first-order chi connectivity index (χ1) is 24.2. The highest BCUT2D eigenvalue weighted by atomic mass is 32.2. The second-order valence-electron chi connectivity index (χ2n) is 17.7. The van der Waals surface area contributed by atoms with Crippen molar-refractivity contribution >= 4 is 28.8 Å². The topological polar surface area (TPSA) is 3.24 Å². The molecule has 0 N–H and O–H groups in total. The van der Waals surface area contributed by atoms with E-state index < -0.39 is 0 Å². The van der Waals surface area contributed by atoms with Crippen molar-refractivity contribution in [3.63, 3.8) is 0 Å². The first-order valence-electron chi connectivity index (χ1n) is 19.2. The third kappa shape index (κ3) is 4.52. The Morgan fingerprint density at radius 3 is 1.84 bits per heavy atom. The summed E-state index contributed by atoms with van der Waals surface area (Å²) in [5.74, 6) is 3.33. The number of hydrogen-bond donors (Lipinski definition) is 0.